The highest BCUT2D eigenvalue weighted by Crippen LogP contribution is 2.40. The van der Waals surface area contributed by atoms with E-state index < -0.39 is 0 Å². The summed E-state index contributed by atoms with van der Waals surface area (Å²) in [5.74, 6) is 2.98. The molecule has 0 fully saturated rings. The van der Waals surface area contributed by atoms with Crippen molar-refractivity contribution >= 4 is 17.5 Å². The second-order valence-electron chi connectivity index (χ2n) is 6.63. The van der Waals surface area contributed by atoms with Crippen molar-refractivity contribution < 1.29 is 14.2 Å². The molecule has 0 atom stereocenters. The fourth-order valence-electron chi connectivity index (χ4n) is 3.06. The van der Waals surface area contributed by atoms with Crippen molar-refractivity contribution in [3.05, 3.63) is 66.6 Å². The largest absolute Gasteiger partial charge is 0.493 e. The van der Waals surface area contributed by atoms with Crippen LogP contribution in [0.15, 0.2) is 61.1 Å². The van der Waals surface area contributed by atoms with Crippen LogP contribution in [0.3, 0.4) is 0 Å². The molecule has 164 valence electrons. The van der Waals surface area contributed by atoms with Gasteiger partial charge in [-0.05, 0) is 5.56 Å². The van der Waals surface area contributed by atoms with Crippen LogP contribution in [0.4, 0.5) is 17.5 Å². The summed E-state index contributed by atoms with van der Waals surface area (Å²) < 4.78 is 17.7. The zero-order valence-corrected chi connectivity index (χ0v) is 17.9. The van der Waals surface area contributed by atoms with Gasteiger partial charge in [0.1, 0.15) is 12.1 Å². The Morgan fingerprint density at radius 3 is 2.34 bits per heavy atom. The summed E-state index contributed by atoms with van der Waals surface area (Å²) in [4.78, 5) is 12.9. The molecule has 0 aliphatic rings. The lowest BCUT2D eigenvalue weighted by Gasteiger charge is -2.14. The minimum absolute atomic E-state index is 0.346. The molecule has 4 rings (SSSR count). The van der Waals surface area contributed by atoms with Crippen molar-refractivity contribution in [2.24, 2.45) is 0 Å². The molecule has 2 aromatic carbocycles. The predicted molar refractivity (Wildman–Crippen MR) is 120 cm³/mol. The van der Waals surface area contributed by atoms with Gasteiger partial charge in [-0.2, -0.15) is 9.97 Å². The number of benzene rings is 2. The van der Waals surface area contributed by atoms with E-state index in [2.05, 4.69) is 42.8 Å². The van der Waals surface area contributed by atoms with Gasteiger partial charge in [0.25, 0.3) is 5.95 Å². The number of aromatic nitrogens is 5. The average Bonchev–Trinajstić information content (AvgIpc) is 3.32. The standard InChI is InChI=1S/C22H23N7O3/c1-30-17-11-16(12-18(31-2)20(17)32-3)26-21-24-14-25-22(27-21)29-10-9-19(28-29)23-13-15-7-5-4-6-8-15/h4-12,14H,13H2,1-3H3,(H,23,28)(H,24,25,26,27). The molecule has 0 saturated heterocycles. The Balaban J connectivity index is 1.50. The fraction of sp³-hybridized carbons (Fsp3) is 0.182. The van der Waals surface area contributed by atoms with Crippen molar-refractivity contribution in [3.8, 4) is 23.2 Å². The molecule has 2 aromatic heterocycles. The quantitative estimate of drug-likeness (QED) is 0.410. The van der Waals surface area contributed by atoms with Crippen LogP contribution in [-0.2, 0) is 6.54 Å². The molecule has 10 heteroatoms. The van der Waals surface area contributed by atoms with Gasteiger partial charge < -0.3 is 24.8 Å². The normalized spacial score (nSPS) is 10.5. The molecule has 2 heterocycles. The minimum Gasteiger partial charge on any atom is -0.493 e. The molecule has 32 heavy (non-hydrogen) atoms. The lowest BCUT2D eigenvalue weighted by Crippen LogP contribution is -2.07. The number of nitrogens with one attached hydrogen (secondary N) is 2. The number of hydrogen-bond acceptors (Lipinski definition) is 9. The molecule has 0 radical (unpaired) electrons. The summed E-state index contributed by atoms with van der Waals surface area (Å²) in [6, 6.07) is 15.5. The maximum atomic E-state index is 5.39. The van der Waals surface area contributed by atoms with Crippen LogP contribution < -0.4 is 24.8 Å². The number of nitrogens with zero attached hydrogens (tertiary/aromatic N) is 5. The van der Waals surface area contributed by atoms with E-state index in [0.717, 1.165) is 0 Å². The summed E-state index contributed by atoms with van der Waals surface area (Å²) in [6.45, 7) is 0.670. The van der Waals surface area contributed by atoms with E-state index in [1.807, 2.05) is 24.3 Å². The van der Waals surface area contributed by atoms with Gasteiger partial charge in [0, 0.05) is 36.6 Å². The maximum Gasteiger partial charge on any atom is 0.255 e. The van der Waals surface area contributed by atoms with Gasteiger partial charge in [-0.3, -0.25) is 0 Å². The van der Waals surface area contributed by atoms with E-state index in [4.69, 9.17) is 14.2 Å². The van der Waals surface area contributed by atoms with Gasteiger partial charge in [0.05, 0.1) is 21.3 Å². The van der Waals surface area contributed by atoms with Gasteiger partial charge in [-0.25, -0.2) is 9.67 Å². The van der Waals surface area contributed by atoms with Crippen LogP contribution in [0.2, 0.25) is 0 Å². The molecule has 0 amide bonds. The van der Waals surface area contributed by atoms with Gasteiger partial charge >= 0.3 is 0 Å². The van der Waals surface area contributed by atoms with Crippen molar-refractivity contribution in [2.75, 3.05) is 32.0 Å². The lowest BCUT2D eigenvalue weighted by atomic mass is 10.2. The molecule has 10 nitrogen and oxygen atoms in total. The van der Waals surface area contributed by atoms with Gasteiger partial charge in [-0.1, -0.05) is 30.3 Å². The van der Waals surface area contributed by atoms with E-state index in [0.29, 0.717) is 47.2 Å². The van der Waals surface area contributed by atoms with Gasteiger partial charge in [-0.15, -0.1) is 5.10 Å². The van der Waals surface area contributed by atoms with Crippen molar-refractivity contribution in [3.63, 3.8) is 0 Å². The summed E-state index contributed by atoms with van der Waals surface area (Å²) in [5, 5.41) is 10.9. The first kappa shape index (κ1) is 20.9. The topological polar surface area (TPSA) is 108 Å². The first-order chi connectivity index (χ1) is 15.7. The van der Waals surface area contributed by atoms with E-state index in [1.54, 1.807) is 44.3 Å². The Kier molecular flexibility index (Phi) is 6.30. The molecule has 4 aromatic rings. The third-order valence-corrected chi connectivity index (χ3v) is 4.59. The molecular weight excluding hydrogens is 410 g/mol. The van der Waals surface area contributed by atoms with E-state index >= 15 is 0 Å². The monoisotopic (exact) mass is 433 g/mol. The second-order valence-corrected chi connectivity index (χ2v) is 6.63. The first-order valence-electron chi connectivity index (χ1n) is 9.80. The Labute approximate surface area is 185 Å². The Bertz CT molecular complexity index is 1160. The summed E-state index contributed by atoms with van der Waals surface area (Å²) in [5.41, 5.74) is 1.83. The van der Waals surface area contributed by atoms with E-state index in [1.165, 1.54) is 11.9 Å². The van der Waals surface area contributed by atoms with E-state index in [9.17, 15) is 0 Å². The lowest BCUT2D eigenvalue weighted by molar-refractivity contribution is 0.324. The third kappa shape index (κ3) is 4.69. The van der Waals surface area contributed by atoms with Crippen LogP contribution in [0.1, 0.15) is 5.56 Å². The zero-order chi connectivity index (χ0) is 22.3. The molecule has 0 aliphatic carbocycles. The smallest absolute Gasteiger partial charge is 0.255 e. The van der Waals surface area contributed by atoms with Crippen LogP contribution in [0.25, 0.3) is 5.95 Å². The molecule has 0 bridgehead atoms. The molecule has 2 N–H and O–H groups in total. The van der Waals surface area contributed by atoms with Crippen LogP contribution in [0.5, 0.6) is 17.2 Å². The van der Waals surface area contributed by atoms with Gasteiger partial charge in [0.2, 0.25) is 11.7 Å². The molecular formula is C22H23N7O3. The van der Waals surface area contributed by atoms with Crippen molar-refractivity contribution in [2.45, 2.75) is 6.54 Å². The number of methoxy groups -OCH3 is 3. The van der Waals surface area contributed by atoms with Crippen LogP contribution in [-0.4, -0.2) is 46.1 Å². The Morgan fingerprint density at radius 1 is 0.906 bits per heavy atom. The first-order valence-corrected chi connectivity index (χ1v) is 9.80. The van der Waals surface area contributed by atoms with Gasteiger partial charge in [0.15, 0.2) is 11.5 Å². The molecule has 0 aliphatic heterocycles. The fourth-order valence-corrected chi connectivity index (χ4v) is 3.06. The van der Waals surface area contributed by atoms with Crippen LogP contribution >= 0.6 is 0 Å². The highest BCUT2D eigenvalue weighted by atomic mass is 16.5. The van der Waals surface area contributed by atoms with E-state index in [-0.39, 0.29) is 0 Å². The molecule has 0 spiro atoms. The average molecular weight is 433 g/mol. The van der Waals surface area contributed by atoms with Crippen molar-refractivity contribution in [1.82, 2.24) is 24.7 Å². The van der Waals surface area contributed by atoms with Crippen molar-refractivity contribution in [1.29, 1.82) is 0 Å². The third-order valence-electron chi connectivity index (χ3n) is 4.59. The number of ether oxygens (including phenoxy) is 3. The Hall–Kier alpha value is -4.34. The predicted octanol–water partition coefficient (Wildman–Crippen LogP) is 3.44. The Morgan fingerprint density at radius 2 is 1.66 bits per heavy atom. The number of rotatable bonds is 9. The van der Waals surface area contributed by atoms with Crippen LogP contribution in [0, 0.1) is 0 Å². The summed E-state index contributed by atoms with van der Waals surface area (Å²) in [6.07, 6.45) is 3.20. The highest BCUT2D eigenvalue weighted by Gasteiger charge is 2.14. The SMILES string of the molecule is COc1cc(Nc2ncnc(-n3ccc(NCc4ccccc4)n3)n2)cc(OC)c1OC. The second kappa shape index (κ2) is 9.65. The summed E-state index contributed by atoms with van der Waals surface area (Å²) in [7, 11) is 4.67. The molecule has 0 unspecified atom stereocenters. The zero-order valence-electron chi connectivity index (χ0n) is 17.9. The highest BCUT2D eigenvalue weighted by molar-refractivity contribution is 5.65. The molecule has 0 saturated carbocycles. The number of anilines is 3. The minimum atomic E-state index is 0.346. The summed E-state index contributed by atoms with van der Waals surface area (Å²) >= 11 is 0. The number of hydrogen-bond donors (Lipinski definition) is 2. The maximum absolute atomic E-state index is 5.39.